The summed E-state index contributed by atoms with van der Waals surface area (Å²) in [6.07, 6.45) is 10.0. The van der Waals surface area contributed by atoms with Crippen LogP contribution >= 0.6 is 0 Å². The molecule has 2 aliphatic carbocycles. The van der Waals surface area contributed by atoms with Crippen molar-refractivity contribution in [3.63, 3.8) is 0 Å². The lowest BCUT2D eigenvalue weighted by Crippen LogP contribution is -2.34. The predicted octanol–water partition coefficient (Wildman–Crippen LogP) is 4.47. The molecule has 0 saturated heterocycles. The Labute approximate surface area is 117 Å². The number of fused-ring (bicyclic) bond motifs is 1. The quantitative estimate of drug-likeness (QED) is 0.846. The van der Waals surface area contributed by atoms with Crippen LogP contribution in [0.25, 0.3) is 0 Å². The van der Waals surface area contributed by atoms with Crippen molar-refractivity contribution in [2.75, 3.05) is 5.32 Å². The van der Waals surface area contributed by atoms with Gasteiger partial charge in [0.2, 0.25) is 0 Å². The molecule has 0 amide bonds. The van der Waals surface area contributed by atoms with Crippen LogP contribution in [0.2, 0.25) is 0 Å². The van der Waals surface area contributed by atoms with Gasteiger partial charge < -0.3 is 5.32 Å². The molecule has 1 aromatic rings. The first-order valence-corrected chi connectivity index (χ1v) is 7.93. The standard InChI is InChI=1S/C17H26N2/c1-12-7-10-17(13(2)18-12)19-16-9-8-14-5-3-4-6-15(14)11-16/h7,10,14-16,19H,3-6,8-9,11H2,1-2H3. The van der Waals surface area contributed by atoms with Crippen LogP contribution in [0.1, 0.15) is 56.3 Å². The zero-order valence-corrected chi connectivity index (χ0v) is 12.3. The van der Waals surface area contributed by atoms with Gasteiger partial charge in [-0.15, -0.1) is 0 Å². The molecule has 0 bridgehead atoms. The van der Waals surface area contributed by atoms with Gasteiger partial charge in [-0.25, -0.2) is 0 Å². The molecule has 1 aromatic heterocycles. The second kappa shape index (κ2) is 5.52. The van der Waals surface area contributed by atoms with Gasteiger partial charge in [0, 0.05) is 11.7 Å². The van der Waals surface area contributed by atoms with Gasteiger partial charge in [-0.3, -0.25) is 4.98 Å². The van der Waals surface area contributed by atoms with Crippen LogP contribution in [0, 0.1) is 25.7 Å². The average Bonchev–Trinajstić information content (AvgIpc) is 2.42. The van der Waals surface area contributed by atoms with E-state index in [9.17, 15) is 0 Å². The number of pyridine rings is 1. The van der Waals surface area contributed by atoms with Crippen molar-refractivity contribution < 1.29 is 0 Å². The summed E-state index contributed by atoms with van der Waals surface area (Å²) in [6, 6.07) is 4.98. The second-order valence-electron chi connectivity index (χ2n) is 6.54. The zero-order valence-electron chi connectivity index (χ0n) is 12.3. The molecule has 0 radical (unpaired) electrons. The molecule has 0 aliphatic heterocycles. The van der Waals surface area contributed by atoms with E-state index in [1.165, 1.54) is 50.6 Å². The number of anilines is 1. The van der Waals surface area contributed by atoms with Crippen LogP contribution in [-0.2, 0) is 0 Å². The molecule has 19 heavy (non-hydrogen) atoms. The predicted molar refractivity (Wildman–Crippen MR) is 80.4 cm³/mol. The highest BCUT2D eigenvalue weighted by molar-refractivity contribution is 5.48. The summed E-state index contributed by atoms with van der Waals surface area (Å²) in [5.41, 5.74) is 3.50. The number of aromatic nitrogens is 1. The van der Waals surface area contributed by atoms with E-state index < -0.39 is 0 Å². The summed E-state index contributed by atoms with van der Waals surface area (Å²) in [6.45, 7) is 4.17. The second-order valence-corrected chi connectivity index (χ2v) is 6.54. The minimum atomic E-state index is 0.669. The van der Waals surface area contributed by atoms with Gasteiger partial charge in [-0.2, -0.15) is 0 Å². The Balaban J connectivity index is 1.64. The third-order valence-corrected chi connectivity index (χ3v) is 5.12. The Morgan fingerprint density at radius 2 is 1.79 bits per heavy atom. The van der Waals surface area contributed by atoms with Gasteiger partial charge in [-0.05, 0) is 57.1 Å². The fraction of sp³-hybridized carbons (Fsp3) is 0.706. The maximum atomic E-state index is 4.56. The Morgan fingerprint density at radius 3 is 2.58 bits per heavy atom. The van der Waals surface area contributed by atoms with Crippen molar-refractivity contribution in [2.45, 2.75) is 64.8 Å². The molecule has 1 N–H and O–H groups in total. The topological polar surface area (TPSA) is 24.9 Å². The summed E-state index contributed by atoms with van der Waals surface area (Å²) < 4.78 is 0. The Bertz CT molecular complexity index is 441. The minimum Gasteiger partial charge on any atom is -0.381 e. The molecule has 3 atom stereocenters. The third kappa shape index (κ3) is 2.93. The highest BCUT2D eigenvalue weighted by Crippen LogP contribution is 2.41. The third-order valence-electron chi connectivity index (χ3n) is 5.12. The summed E-state index contributed by atoms with van der Waals surface area (Å²) >= 11 is 0. The lowest BCUT2D eigenvalue weighted by molar-refractivity contribution is 0.162. The number of nitrogens with zero attached hydrogens (tertiary/aromatic N) is 1. The first kappa shape index (κ1) is 13.0. The van der Waals surface area contributed by atoms with Crippen LogP contribution in [-0.4, -0.2) is 11.0 Å². The highest BCUT2D eigenvalue weighted by atomic mass is 14.9. The Hall–Kier alpha value is -1.05. The molecule has 1 heterocycles. The monoisotopic (exact) mass is 258 g/mol. The van der Waals surface area contributed by atoms with Crippen LogP contribution in [0.3, 0.4) is 0 Å². The fourth-order valence-corrected chi connectivity index (χ4v) is 4.06. The molecule has 104 valence electrons. The van der Waals surface area contributed by atoms with Gasteiger partial charge in [0.25, 0.3) is 0 Å². The van der Waals surface area contributed by atoms with Crippen molar-refractivity contribution >= 4 is 5.69 Å². The van der Waals surface area contributed by atoms with Gasteiger partial charge in [0.05, 0.1) is 11.4 Å². The van der Waals surface area contributed by atoms with E-state index in [1.807, 2.05) is 0 Å². The number of rotatable bonds is 2. The van der Waals surface area contributed by atoms with Gasteiger partial charge in [0.1, 0.15) is 0 Å². The SMILES string of the molecule is Cc1ccc(NC2CCC3CCCCC3C2)c(C)n1. The molecule has 2 fully saturated rings. The minimum absolute atomic E-state index is 0.669. The zero-order chi connectivity index (χ0) is 13.2. The molecule has 2 saturated carbocycles. The molecule has 0 aromatic carbocycles. The average molecular weight is 258 g/mol. The molecule has 3 unspecified atom stereocenters. The molecule has 2 heteroatoms. The van der Waals surface area contributed by atoms with E-state index >= 15 is 0 Å². The Kier molecular flexibility index (Phi) is 3.76. The Morgan fingerprint density at radius 1 is 1.00 bits per heavy atom. The molecule has 0 spiro atoms. The first-order valence-electron chi connectivity index (χ1n) is 7.93. The van der Waals surface area contributed by atoms with E-state index in [1.54, 1.807) is 0 Å². The maximum absolute atomic E-state index is 4.56. The van der Waals surface area contributed by atoms with Crippen molar-refractivity contribution in [1.29, 1.82) is 0 Å². The van der Waals surface area contributed by atoms with E-state index in [-0.39, 0.29) is 0 Å². The lowest BCUT2D eigenvalue weighted by Gasteiger charge is -2.40. The summed E-state index contributed by atoms with van der Waals surface area (Å²) in [5, 5.41) is 3.75. The number of aryl methyl sites for hydroxylation is 2. The highest BCUT2D eigenvalue weighted by Gasteiger charge is 2.32. The van der Waals surface area contributed by atoms with Crippen molar-refractivity contribution in [3.8, 4) is 0 Å². The summed E-state index contributed by atoms with van der Waals surface area (Å²) in [7, 11) is 0. The van der Waals surface area contributed by atoms with E-state index in [4.69, 9.17) is 0 Å². The summed E-state index contributed by atoms with van der Waals surface area (Å²) in [5.74, 6) is 2.02. The van der Waals surface area contributed by atoms with Gasteiger partial charge in [0.15, 0.2) is 0 Å². The number of hydrogen-bond acceptors (Lipinski definition) is 2. The first-order chi connectivity index (χ1) is 9.22. The van der Waals surface area contributed by atoms with Crippen LogP contribution in [0.4, 0.5) is 5.69 Å². The number of hydrogen-bond donors (Lipinski definition) is 1. The van der Waals surface area contributed by atoms with Crippen molar-refractivity contribution in [3.05, 3.63) is 23.5 Å². The van der Waals surface area contributed by atoms with E-state index in [0.717, 1.165) is 23.2 Å². The van der Waals surface area contributed by atoms with E-state index in [2.05, 4.69) is 36.3 Å². The van der Waals surface area contributed by atoms with Crippen LogP contribution in [0.5, 0.6) is 0 Å². The molecule has 2 aliphatic rings. The number of nitrogens with one attached hydrogen (secondary N) is 1. The van der Waals surface area contributed by atoms with Crippen molar-refractivity contribution in [2.24, 2.45) is 11.8 Å². The fourth-order valence-electron chi connectivity index (χ4n) is 4.06. The molecule has 3 rings (SSSR count). The lowest BCUT2D eigenvalue weighted by atomic mass is 9.69. The smallest absolute Gasteiger partial charge is 0.0606 e. The van der Waals surface area contributed by atoms with Crippen molar-refractivity contribution in [1.82, 2.24) is 4.98 Å². The van der Waals surface area contributed by atoms with Crippen LogP contribution < -0.4 is 5.32 Å². The normalized spacial score (nSPS) is 30.7. The van der Waals surface area contributed by atoms with Gasteiger partial charge in [-0.1, -0.05) is 25.7 Å². The maximum Gasteiger partial charge on any atom is 0.0606 e. The summed E-state index contributed by atoms with van der Waals surface area (Å²) in [4.78, 5) is 4.56. The van der Waals surface area contributed by atoms with E-state index in [0.29, 0.717) is 6.04 Å². The van der Waals surface area contributed by atoms with Gasteiger partial charge >= 0.3 is 0 Å². The molecular weight excluding hydrogens is 232 g/mol. The molecular formula is C17H26N2. The van der Waals surface area contributed by atoms with Crippen LogP contribution in [0.15, 0.2) is 12.1 Å². The molecule has 2 nitrogen and oxygen atoms in total. The largest absolute Gasteiger partial charge is 0.381 e.